The van der Waals surface area contributed by atoms with Crippen molar-refractivity contribution in [3.8, 4) is 0 Å². The van der Waals surface area contributed by atoms with E-state index in [0.29, 0.717) is 6.10 Å². The van der Waals surface area contributed by atoms with Crippen molar-refractivity contribution in [1.29, 1.82) is 0 Å². The van der Waals surface area contributed by atoms with Gasteiger partial charge in [-0.1, -0.05) is 0 Å². The van der Waals surface area contributed by atoms with Crippen molar-refractivity contribution in [2.24, 2.45) is 5.92 Å². The summed E-state index contributed by atoms with van der Waals surface area (Å²) >= 11 is 5.88. The van der Waals surface area contributed by atoms with E-state index in [2.05, 4.69) is 4.90 Å². The van der Waals surface area contributed by atoms with Crippen molar-refractivity contribution in [2.75, 3.05) is 26.1 Å². The smallest absolute Gasteiger partial charge is 0.0586 e. The zero-order valence-corrected chi connectivity index (χ0v) is 11.8. The van der Waals surface area contributed by atoms with Crippen LogP contribution >= 0.6 is 11.6 Å². The minimum Gasteiger partial charge on any atom is -0.381 e. The van der Waals surface area contributed by atoms with E-state index in [0.717, 1.165) is 17.8 Å². The molecule has 0 aromatic heterocycles. The van der Waals surface area contributed by atoms with Crippen molar-refractivity contribution in [3.05, 3.63) is 0 Å². The molecule has 0 aromatic carbocycles. The highest BCUT2D eigenvalue weighted by Gasteiger charge is 2.29. The Morgan fingerprint density at radius 2 is 2.12 bits per heavy atom. The van der Waals surface area contributed by atoms with E-state index in [9.17, 15) is 0 Å². The topological polar surface area (TPSA) is 12.5 Å². The molecule has 1 aliphatic carbocycles. The molecular formula is C14H26ClNO. The van der Waals surface area contributed by atoms with Crippen molar-refractivity contribution in [1.82, 2.24) is 4.90 Å². The fourth-order valence-corrected chi connectivity index (χ4v) is 3.79. The lowest BCUT2D eigenvalue weighted by Gasteiger charge is -2.41. The maximum Gasteiger partial charge on any atom is 0.0586 e. The molecule has 0 aromatic rings. The molecule has 0 spiro atoms. The number of piperidine rings is 1. The quantitative estimate of drug-likeness (QED) is 0.719. The van der Waals surface area contributed by atoms with Gasteiger partial charge in [0.15, 0.2) is 0 Å². The van der Waals surface area contributed by atoms with Crippen LogP contribution in [0.3, 0.4) is 0 Å². The monoisotopic (exact) mass is 259 g/mol. The van der Waals surface area contributed by atoms with Crippen LogP contribution in [0.1, 0.15) is 44.9 Å². The second-order valence-electron chi connectivity index (χ2n) is 5.66. The Morgan fingerprint density at radius 3 is 2.88 bits per heavy atom. The van der Waals surface area contributed by atoms with Crippen LogP contribution in [0.25, 0.3) is 0 Å². The average molecular weight is 260 g/mol. The highest BCUT2D eigenvalue weighted by molar-refractivity contribution is 6.17. The zero-order chi connectivity index (χ0) is 12.1. The number of halogens is 1. The lowest BCUT2D eigenvalue weighted by Crippen LogP contribution is -2.45. The summed E-state index contributed by atoms with van der Waals surface area (Å²) in [5, 5.41) is 0. The Hall–Kier alpha value is 0.210. The Labute approximate surface area is 111 Å². The number of hydrogen-bond acceptors (Lipinski definition) is 2. The molecule has 3 heteroatoms. The number of alkyl halides is 1. The molecule has 3 atom stereocenters. The Morgan fingerprint density at radius 1 is 1.24 bits per heavy atom. The van der Waals surface area contributed by atoms with Gasteiger partial charge < -0.3 is 9.64 Å². The molecular weight excluding hydrogens is 234 g/mol. The summed E-state index contributed by atoms with van der Waals surface area (Å²) in [4.78, 5) is 2.71. The first kappa shape index (κ1) is 13.6. The lowest BCUT2D eigenvalue weighted by molar-refractivity contribution is 0.0148. The van der Waals surface area contributed by atoms with Gasteiger partial charge in [0.05, 0.1) is 6.10 Å². The van der Waals surface area contributed by atoms with Crippen LogP contribution in [0.5, 0.6) is 0 Å². The molecule has 2 rings (SSSR count). The number of hydrogen-bond donors (Lipinski definition) is 0. The van der Waals surface area contributed by atoms with Crippen LogP contribution in [0, 0.1) is 5.92 Å². The highest BCUT2D eigenvalue weighted by atomic mass is 35.5. The van der Waals surface area contributed by atoms with Crippen LogP contribution in [0.2, 0.25) is 0 Å². The summed E-state index contributed by atoms with van der Waals surface area (Å²) in [5.74, 6) is 1.66. The molecule has 2 fully saturated rings. The molecule has 0 bridgehead atoms. The maximum absolute atomic E-state index is 5.88. The third-order valence-corrected chi connectivity index (χ3v) is 4.73. The number of ether oxygens (including phenoxy) is 1. The van der Waals surface area contributed by atoms with Gasteiger partial charge in [0.1, 0.15) is 0 Å². The van der Waals surface area contributed by atoms with Gasteiger partial charge in [-0.3, -0.25) is 0 Å². The zero-order valence-electron chi connectivity index (χ0n) is 11.0. The summed E-state index contributed by atoms with van der Waals surface area (Å²) in [6.45, 7) is 2.56. The molecule has 1 aliphatic heterocycles. The van der Waals surface area contributed by atoms with E-state index >= 15 is 0 Å². The predicted octanol–water partition coefficient (Wildman–Crippen LogP) is 3.28. The van der Waals surface area contributed by atoms with Gasteiger partial charge >= 0.3 is 0 Å². The molecule has 1 heterocycles. The Kier molecular flexibility index (Phi) is 5.58. The molecule has 3 unspecified atom stereocenters. The summed E-state index contributed by atoms with van der Waals surface area (Å²) in [7, 11) is 1.86. The number of likely N-dealkylation sites (tertiary alicyclic amines) is 1. The second-order valence-corrected chi connectivity index (χ2v) is 6.04. The van der Waals surface area contributed by atoms with Crippen LogP contribution in [0.15, 0.2) is 0 Å². The molecule has 17 heavy (non-hydrogen) atoms. The van der Waals surface area contributed by atoms with Crippen LogP contribution in [-0.2, 0) is 4.74 Å². The number of rotatable bonds is 4. The van der Waals surface area contributed by atoms with Gasteiger partial charge in [0.2, 0.25) is 0 Å². The van der Waals surface area contributed by atoms with Crippen molar-refractivity contribution >= 4 is 11.6 Å². The van der Waals surface area contributed by atoms with Crippen LogP contribution < -0.4 is 0 Å². The Bertz CT molecular complexity index is 222. The molecule has 1 saturated carbocycles. The van der Waals surface area contributed by atoms with E-state index < -0.39 is 0 Å². The van der Waals surface area contributed by atoms with Gasteiger partial charge in [-0.25, -0.2) is 0 Å². The van der Waals surface area contributed by atoms with E-state index in [1.165, 1.54) is 58.0 Å². The maximum atomic E-state index is 5.88. The summed E-state index contributed by atoms with van der Waals surface area (Å²) in [6, 6.07) is 0.770. The first-order chi connectivity index (χ1) is 8.33. The van der Waals surface area contributed by atoms with Gasteiger partial charge in [-0.05, 0) is 57.4 Å². The van der Waals surface area contributed by atoms with Gasteiger partial charge in [0.25, 0.3) is 0 Å². The standard InChI is InChI=1S/C14H26ClNO/c1-17-14-6-2-5-13(10-14)16-9-3-4-12(11-16)7-8-15/h12-14H,2-11H2,1H3. The fourth-order valence-electron chi connectivity index (χ4n) is 3.48. The first-order valence-corrected chi connectivity index (χ1v) is 7.69. The lowest BCUT2D eigenvalue weighted by atomic mass is 9.88. The van der Waals surface area contributed by atoms with Crippen molar-refractivity contribution in [3.63, 3.8) is 0 Å². The molecule has 0 N–H and O–H groups in total. The fraction of sp³-hybridized carbons (Fsp3) is 1.00. The molecule has 1 saturated heterocycles. The van der Waals surface area contributed by atoms with Crippen LogP contribution in [0.4, 0.5) is 0 Å². The number of methoxy groups -OCH3 is 1. The Balaban J connectivity index is 1.83. The van der Waals surface area contributed by atoms with Gasteiger partial charge in [-0.15, -0.1) is 11.6 Å². The van der Waals surface area contributed by atoms with Gasteiger partial charge in [0, 0.05) is 25.6 Å². The highest BCUT2D eigenvalue weighted by Crippen LogP contribution is 2.29. The molecule has 2 aliphatic rings. The van der Waals surface area contributed by atoms with Crippen LogP contribution in [-0.4, -0.2) is 43.1 Å². The predicted molar refractivity (Wildman–Crippen MR) is 72.7 cm³/mol. The molecule has 0 amide bonds. The minimum atomic E-state index is 0.502. The molecule has 100 valence electrons. The largest absolute Gasteiger partial charge is 0.381 e. The van der Waals surface area contributed by atoms with Crippen molar-refractivity contribution in [2.45, 2.75) is 57.1 Å². The normalized spacial score (nSPS) is 36.0. The van der Waals surface area contributed by atoms with E-state index in [4.69, 9.17) is 16.3 Å². The van der Waals surface area contributed by atoms with Crippen molar-refractivity contribution < 1.29 is 4.74 Å². The minimum absolute atomic E-state index is 0.502. The SMILES string of the molecule is COC1CCCC(N2CCCC(CCCl)C2)C1. The number of nitrogens with zero attached hydrogens (tertiary/aromatic N) is 1. The third-order valence-electron chi connectivity index (χ3n) is 4.52. The summed E-state index contributed by atoms with van der Waals surface area (Å²) < 4.78 is 5.54. The van der Waals surface area contributed by atoms with E-state index in [-0.39, 0.29) is 0 Å². The first-order valence-electron chi connectivity index (χ1n) is 7.16. The van der Waals surface area contributed by atoms with E-state index in [1.54, 1.807) is 0 Å². The summed E-state index contributed by atoms with van der Waals surface area (Å²) in [6.07, 6.45) is 9.63. The van der Waals surface area contributed by atoms with E-state index in [1.807, 2.05) is 7.11 Å². The third kappa shape index (κ3) is 3.84. The molecule has 2 nitrogen and oxygen atoms in total. The molecule has 0 radical (unpaired) electrons. The summed E-state index contributed by atoms with van der Waals surface area (Å²) in [5.41, 5.74) is 0. The second kappa shape index (κ2) is 6.96. The average Bonchev–Trinajstić information content (AvgIpc) is 2.40. The van der Waals surface area contributed by atoms with Gasteiger partial charge in [-0.2, -0.15) is 0 Å².